The summed E-state index contributed by atoms with van der Waals surface area (Å²) in [7, 11) is 0. The zero-order chi connectivity index (χ0) is 10.7. The van der Waals surface area contributed by atoms with E-state index in [2.05, 4.69) is 16.8 Å². The summed E-state index contributed by atoms with van der Waals surface area (Å²) < 4.78 is 13.2. The molecule has 0 spiro atoms. The van der Waals surface area contributed by atoms with Crippen molar-refractivity contribution in [2.75, 3.05) is 5.32 Å². The summed E-state index contributed by atoms with van der Waals surface area (Å²) in [5.41, 5.74) is 2.76. The number of anilines is 1. The third-order valence-electron chi connectivity index (χ3n) is 2.33. The molecule has 1 nitrogen and oxygen atoms in total. The van der Waals surface area contributed by atoms with E-state index in [0.29, 0.717) is 5.56 Å². The van der Waals surface area contributed by atoms with E-state index in [0.717, 1.165) is 12.2 Å². The van der Waals surface area contributed by atoms with Gasteiger partial charge in [0.15, 0.2) is 0 Å². The summed E-state index contributed by atoms with van der Waals surface area (Å²) in [4.78, 5) is 0. The second-order valence-corrected chi connectivity index (χ2v) is 4.18. The Kier molecular flexibility index (Phi) is 3.02. The molecule has 1 aromatic carbocycles. The predicted octanol–water partition coefficient (Wildman–Crippen LogP) is 3.81. The standard InChI is InChI=1S/C12H12FNS/c1-9-11(13)3-2-4-12(9)14-7-10-5-6-15-8-10/h2-6,8,14H,7H2,1H3. The Labute approximate surface area is 92.6 Å². The van der Waals surface area contributed by atoms with Crippen LogP contribution in [0.3, 0.4) is 0 Å². The molecule has 0 aliphatic carbocycles. The SMILES string of the molecule is Cc1c(F)cccc1NCc1ccsc1. The number of nitrogens with one attached hydrogen (secondary N) is 1. The van der Waals surface area contributed by atoms with E-state index in [1.807, 2.05) is 11.4 Å². The predicted molar refractivity (Wildman–Crippen MR) is 62.8 cm³/mol. The van der Waals surface area contributed by atoms with Crippen LogP contribution in [0.5, 0.6) is 0 Å². The van der Waals surface area contributed by atoms with Crippen molar-refractivity contribution in [3.8, 4) is 0 Å². The molecule has 1 N–H and O–H groups in total. The van der Waals surface area contributed by atoms with Gasteiger partial charge in [-0.05, 0) is 41.4 Å². The van der Waals surface area contributed by atoms with Crippen LogP contribution in [0.2, 0.25) is 0 Å². The van der Waals surface area contributed by atoms with Gasteiger partial charge in [-0.1, -0.05) is 6.07 Å². The summed E-state index contributed by atoms with van der Waals surface area (Å²) in [6, 6.07) is 7.15. The van der Waals surface area contributed by atoms with E-state index >= 15 is 0 Å². The van der Waals surface area contributed by atoms with E-state index in [-0.39, 0.29) is 5.82 Å². The van der Waals surface area contributed by atoms with Gasteiger partial charge in [-0.3, -0.25) is 0 Å². The highest BCUT2D eigenvalue weighted by Crippen LogP contribution is 2.18. The second kappa shape index (κ2) is 4.45. The maximum atomic E-state index is 13.2. The molecule has 3 heteroatoms. The van der Waals surface area contributed by atoms with Crippen LogP contribution >= 0.6 is 11.3 Å². The van der Waals surface area contributed by atoms with Crippen LogP contribution in [0, 0.1) is 12.7 Å². The molecule has 78 valence electrons. The summed E-state index contributed by atoms with van der Waals surface area (Å²) in [5.74, 6) is -0.162. The molecule has 0 aliphatic rings. The van der Waals surface area contributed by atoms with Gasteiger partial charge in [0, 0.05) is 17.8 Å². The first-order valence-corrected chi connectivity index (χ1v) is 5.72. The molecular formula is C12H12FNS. The van der Waals surface area contributed by atoms with Gasteiger partial charge in [-0.15, -0.1) is 0 Å². The lowest BCUT2D eigenvalue weighted by Gasteiger charge is -2.08. The van der Waals surface area contributed by atoms with Gasteiger partial charge in [-0.25, -0.2) is 4.39 Å². The Morgan fingerprint density at radius 1 is 1.33 bits per heavy atom. The molecule has 1 heterocycles. The van der Waals surface area contributed by atoms with Gasteiger partial charge in [0.05, 0.1) is 0 Å². The average molecular weight is 221 g/mol. The first-order chi connectivity index (χ1) is 7.27. The molecule has 0 saturated carbocycles. The molecule has 2 rings (SSSR count). The Bertz CT molecular complexity index is 437. The number of hydrogen-bond donors (Lipinski definition) is 1. The van der Waals surface area contributed by atoms with Crippen LogP contribution in [0.1, 0.15) is 11.1 Å². The van der Waals surface area contributed by atoms with Crippen LogP contribution in [0.25, 0.3) is 0 Å². The third kappa shape index (κ3) is 2.36. The minimum atomic E-state index is -0.162. The molecule has 0 bridgehead atoms. The minimum absolute atomic E-state index is 0.162. The van der Waals surface area contributed by atoms with Crippen molar-refractivity contribution in [2.45, 2.75) is 13.5 Å². The number of hydrogen-bond acceptors (Lipinski definition) is 2. The summed E-state index contributed by atoms with van der Waals surface area (Å²) in [6.07, 6.45) is 0. The molecule has 2 aromatic rings. The van der Waals surface area contributed by atoms with E-state index in [9.17, 15) is 4.39 Å². The first-order valence-electron chi connectivity index (χ1n) is 4.77. The number of benzene rings is 1. The van der Waals surface area contributed by atoms with Crippen molar-refractivity contribution in [3.05, 3.63) is 52.0 Å². The van der Waals surface area contributed by atoms with Crippen molar-refractivity contribution in [1.82, 2.24) is 0 Å². The molecule has 15 heavy (non-hydrogen) atoms. The lowest BCUT2D eigenvalue weighted by Crippen LogP contribution is -2.00. The highest BCUT2D eigenvalue weighted by atomic mass is 32.1. The zero-order valence-electron chi connectivity index (χ0n) is 8.46. The van der Waals surface area contributed by atoms with Gasteiger partial charge in [0.25, 0.3) is 0 Å². The minimum Gasteiger partial charge on any atom is -0.381 e. The highest BCUT2D eigenvalue weighted by molar-refractivity contribution is 7.07. The van der Waals surface area contributed by atoms with E-state index in [4.69, 9.17) is 0 Å². The highest BCUT2D eigenvalue weighted by Gasteiger charge is 2.02. The van der Waals surface area contributed by atoms with E-state index in [1.165, 1.54) is 11.6 Å². The van der Waals surface area contributed by atoms with Crippen molar-refractivity contribution in [2.24, 2.45) is 0 Å². The fraction of sp³-hybridized carbons (Fsp3) is 0.167. The fourth-order valence-corrected chi connectivity index (χ4v) is 2.06. The largest absolute Gasteiger partial charge is 0.381 e. The Balaban J connectivity index is 2.08. The van der Waals surface area contributed by atoms with Crippen LogP contribution in [-0.4, -0.2) is 0 Å². The lowest BCUT2D eigenvalue weighted by molar-refractivity contribution is 0.619. The first kappa shape index (κ1) is 10.2. The van der Waals surface area contributed by atoms with Crippen LogP contribution < -0.4 is 5.32 Å². The topological polar surface area (TPSA) is 12.0 Å². The van der Waals surface area contributed by atoms with Crippen molar-refractivity contribution >= 4 is 17.0 Å². The summed E-state index contributed by atoms with van der Waals surface area (Å²) >= 11 is 1.67. The molecule has 1 aromatic heterocycles. The van der Waals surface area contributed by atoms with Gasteiger partial charge in [-0.2, -0.15) is 11.3 Å². The molecule has 0 radical (unpaired) electrons. The van der Waals surface area contributed by atoms with Crippen LogP contribution in [0.15, 0.2) is 35.0 Å². The normalized spacial score (nSPS) is 10.3. The molecule has 0 aliphatic heterocycles. The number of rotatable bonds is 3. The molecular weight excluding hydrogens is 209 g/mol. The van der Waals surface area contributed by atoms with Gasteiger partial charge >= 0.3 is 0 Å². The fourth-order valence-electron chi connectivity index (χ4n) is 1.39. The molecule has 0 atom stereocenters. The number of halogens is 1. The molecule has 0 fully saturated rings. The smallest absolute Gasteiger partial charge is 0.128 e. The van der Waals surface area contributed by atoms with Crippen molar-refractivity contribution in [1.29, 1.82) is 0 Å². The molecule has 0 amide bonds. The Morgan fingerprint density at radius 3 is 2.93 bits per heavy atom. The molecule has 0 unspecified atom stereocenters. The average Bonchev–Trinajstić information content (AvgIpc) is 2.73. The Hall–Kier alpha value is -1.35. The maximum Gasteiger partial charge on any atom is 0.128 e. The molecule has 0 saturated heterocycles. The Morgan fingerprint density at radius 2 is 2.20 bits per heavy atom. The van der Waals surface area contributed by atoms with Crippen LogP contribution in [-0.2, 0) is 6.54 Å². The quantitative estimate of drug-likeness (QED) is 0.831. The van der Waals surface area contributed by atoms with Gasteiger partial charge in [0.2, 0.25) is 0 Å². The summed E-state index contributed by atoms with van der Waals surface area (Å²) in [6.45, 7) is 2.53. The van der Waals surface area contributed by atoms with Crippen molar-refractivity contribution < 1.29 is 4.39 Å². The summed E-state index contributed by atoms with van der Waals surface area (Å²) in [5, 5.41) is 7.34. The van der Waals surface area contributed by atoms with Gasteiger partial charge < -0.3 is 5.32 Å². The monoisotopic (exact) mass is 221 g/mol. The van der Waals surface area contributed by atoms with Crippen molar-refractivity contribution in [3.63, 3.8) is 0 Å². The zero-order valence-corrected chi connectivity index (χ0v) is 9.27. The van der Waals surface area contributed by atoms with E-state index < -0.39 is 0 Å². The number of thiophene rings is 1. The van der Waals surface area contributed by atoms with Gasteiger partial charge in [0.1, 0.15) is 5.82 Å². The second-order valence-electron chi connectivity index (χ2n) is 3.40. The van der Waals surface area contributed by atoms with Crippen LogP contribution in [0.4, 0.5) is 10.1 Å². The lowest BCUT2D eigenvalue weighted by atomic mass is 10.2. The third-order valence-corrected chi connectivity index (χ3v) is 3.06. The maximum absolute atomic E-state index is 13.2. The van der Waals surface area contributed by atoms with E-state index in [1.54, 1.807) is 24.3 Å².